The highest BCUT2D eigenvalue weighted by Gasteiger charge is 2.12. The van der Waals surface area contributed by atoms with E-state index in [1.165, 1.54) is 4.88 Å². The molecule has 0 aliphatic carbocycles. The average Bonchev–Trinajstić information content (AvgIpc) is 3.06. The van der Waals surface area contributed by atoms with E-state index in [9.17, 15) is 0 Å². The number of hydrogen-bond donors (Lipinski definition) is 1. The molecule has 0 radical (unpaired) electrons. The van der Waals surface area contributed by atoms with Gasteiger partial charge in [0.1, 0.15) is 11.6 Å². The number of pyridine rings is 1. The second-order valence-electron chi connectivity index (χ2n) is 4.87. The van der Waals surface area contributed by atoms with Crippen molar-refractivity contribution in [1.82, 2.24) is 4.98 Å². The molecule has 0 fully saturated rings. The number of ether oxygens (including phenoxy) is 1. The zero-order valence-corrected chi connectivity index (χ0v) is 13.0. The zero-order chi connectivity index (χ0) is 14.7. The highest BCUT2D eigenvalue weighted by molar-refractivity contribution is 7.10. The Morgan fingerprint density at radius 3 is 2.90 bits per heavy atom. The number of anilines is 1. The first kappa shape index (κ1) is 13.9. The van der Waals surface area contributed by atoms with Crippen LogP contribution < -0.4 is 10.1 Å². The number of rotatable bonds is 5. The molecule has 3 nitrogen and oxygen atoms in total. The molecule has 0 spiro atoms. The van der Waals surface area contributed by atoms with Crippen molar-refractivity contribution in [3.8, 4) is 5.75 Å². The zero-order valence-electron chi connectivity index (χ0n) is 12.2. The molecule has 2 aromatic heterocycles. The second-order valence-corrected chi connectivity index (χ2v) is 5.85. The number of benzene rings is 1. The molecule has 4 heteroatoms. The number of thiophene rings is 1. The molecule has 108 valence electrons. The molecule has 0 bridgehead atoms. The Kier molecular flexibility index (Phi) is 4.06. The smallest absolute Gasteiger partial charge is 0.134 e. The number of nitrogens with one attached hydrogen (secondary N) is 1. The predicted molar refractivity (Wildman–Crippen MR) is 89.3 cm³/mol. The Balaban J connectivity index is 1.96. The lowest BCUT2D eigenvalue weighted by Crippen LogP contribution is -2.09. The largest absolute Gasteiger partial charge is 0.497 e. The van der Waals surface area contributed by atoms with E-state index < -0.39 is 0 Å². The Hall–Kier alpha value is -2.07. The van der Waals surface area contributed by atoms with E-state index >= 15 is 0 Å². The summed E-state index contributed by atoms with van der Waals surface area (Å²) in [4.78, 5) is 5.85. The fraction of sp³-hybridized carbons (Fsp3) is 0.235. The van der Waals surface area contributed by atoms with Crippen LogP contribution in [-0.4, -0.2) is 12.1 Å². The fourth-order valence-corrected chi connectivity index (χ4v) is 3.29. The number of aromatic nitrogens is 1. The maximum absolute atomic E-state index is 5.28. The molecule has 0 saturated carbocycles. The number of hydrogen-bond acceptors (Lipinski definition) is 4. The Morgan fingerprint density at radius 2 is 2.19 bits per heavy atom. The molecule has 2 heterocycles. The predicted octanol–water partition coefficient (Wildman–Crippen LogP) is 4.87. The van der Waals surface area contributed by atoms with Crippen molar-refractivity contribution < 1.29 is 4.74 Å². The summed E-state index contributed by atoms with van der Waals surface area (Å²) in [6.07, 6.45) is 2.86. The molecule has 1 unspecified atom stereocenters. The van der Waals surface area contributed by atoms with Gasteiger partial charge in [-0.05, 0) is 47.5 Å². The van der Waals surface area contributed by atoms with Crippen LogP contribution in [0.4, 0.5) is 5.82 Å². The summed E-state index contributed by atoms with van der Waals surface area (Å²) in [5, 5.41) is 7.93. The third-order valence-electron chi connectivity index (χ3n) is 3.58. The van der Waals surface area contributed by atoms with E-state index in [-0.39, 0.29) is 0 Å². The molecule has 1 N–H and O–H groups in total. The Morgan fingerprint density at radius 1 is 1.29 bits per heavy atom. The van der Waals surface area contributed by atoms with Gasteiger partial charge in [0, 0.05) is 16.5 Å². The maximum atomic E-state index is 5.28. The quantitative estimate of drug-likeness (QED) is 0.730. The van der Waals surface area contributed by atoms with Crippen molar-refractivity contribution in [2.75, 3.05) is 12.4 Å². The van der Waals surface area contributed by atoms with Gasteiger partial charge in [-0.15, -0.1) is 11.3 Å². The molecule has 0 amide bonds. The van der Waals surface area contributed by atoms with Crippen LogP contribution in [0, 0.1) is 0 Å². The van der Waals surface area contributed by atoms with Crippen LogP contribution >= 0.6 is 11.3 Å². The molecule has 3 rings (SSSR count). The van der Waals surface area contributed by atoms with Crippen LogP contribution in [0.15, 0.2) is 48.0 Å². The van der Waals surface area contributed by atoms with Gasteiger partial charge in [0.15, 0.2) is 0 Å². The summed E-state index contributed by atoms with van der Waals surface area (Å²) < 4.78 is 5.28. The van der Waals surface area contributed by atoms with E-state index in [1.807, 2.05) is 24.4 Å². The summed E-state index contributed by atoms with van der Waals surface area (Å²) in [6, 6.07) is 12.6. The van der Waals surface area contributed by atoms with Crippen molar-refractivity contribution in [3.05, 3.63) is 52.9 Å². The molecular formula is C17H18N2OS. The summed E-state index contributed by atoms with van der Waals surface area (Å²) in [5.41, 5.74) is 0. The third kappa shape index (κ3) is 2.85. The highest BCUT2D eigenvalue weighted by Crippen LogP contribution is 2.30. The van der Waals surface area contributed by atoms with Gasteiger partial charge in [-0.1, -0.05) is 13.0 Å². The lowest BCUT2D eigenvalue weighted by Gasteiger charge is -2.17. The molecule has 1 atom stereocenters. The Labute approximate surface area is 128 Å². The topological polar surface area (TPSA) is 34.2 Å². The lowest BCUT2D eigenvalue weighted by molar-refractivity contribution is 0.415. The lowest BCUT2D eigenvalue weighted by atomic mass is 10.1. The third-order valence-corrected chi connectivity index (χ3v) is 4.56. The summed E-state index contributed by atoms with van der Waals surface area (Å²) in [5.74, 6) is 1.79. The van der Waals surface area contributed by atoms with Crippen molar-refractivity contribution in [2.45, 2.75) is 19.4 Å². The average molecular weight is 298 g/mol. The highest BCUT2D eigenvalue weighted by atomic mass is 32.1. The summed E-state index contributed by atoms with van der Waals surface area (Å²) >= 11 is 1.78. The molecule has 0 aliphatic heterocycles. The van der Waals surface area contributed by atoms with Gasteiger partial charge in [0.05, 0.1) is 13.2 Å². The van der Waals surface area contributed by atoms with E-state index in [2.05, 4.69) is 40.8 Å². The maximum Gasteiger partial charge on any atom is 0.134 e. The molecule has 3 aromatic rings. The minimum atomic E-state index is 0.296. The number of fused-ring (bicyclic) bond motifs is 1. The summed E-state index contributed by atoms with van der Waals surface area (Å²) in [7, 11) is 1.69. The van der Waals surface area contributed by atoms with Gasteiger partial charge in [-0.2, -0.15) is 0 Å². The van der Waals surface area contributed by atoms with Crippen LogP contribution in [0.3, 0.4) is 0 Å². The summed E-state index contributed by atoms with van der Waals surface area (Å²) in [6.45, 7) is 2.19. The monoisotopic (exact) mass is 298 g/mol. The van der Waals surface area contributed by atoms with Gasteiger partial charge < -0.3 is 10.1 Å². The number of methoxy groups -OCH3 is 1. The first-order chi connectivity index (χ1) is 10.3. The Bertz CT molecular complexity index is 725. The first-order valence-electron chi connectivity index (χ1n) is 7.04. The van der Waals surface area contributed by atoms with Crippen molar-refractivity contribution in [3.63, 3.8) is 0 Å². The van der Waals surface area contributed by atoms with Gasteiger partial charge in [-0.3, -0.25) is 0 Å². The van der Waals surface area contributed by atoms with Crippen LogP contribution in [0.25, 0.3) is 10.8 Å². The minimum absolute atomic E-state index is 0.296. The van der Waals surface area contributed by atoms with Crippen LogP contribution in [0.1, 0.15) is 24.3 Å². The second kappa shape index (κ2) is 6.14. The fourth-order valence-electron chi connectivity index (χ4n) is 2.43. The SMILES string of the molecule is CCC(Nc1nccc2cc(OC)ccc12)c1cccs1. The molecule has 0 aliphatic rings. The van der Waals surface area contributed by atoms with Crippen molar-refractivity contribution >= 4 is 27.9 Å². The van der Waals surface area contributed by atoms with Gasteiger partial charge in [0.2, 0.25) is 0 Å². The first-order valence-corrected chi connectivity index (χ1v) is 7.92. The molecule has 0 saturated heterocycles. The van der Waals surface area contributed by atoms with E-state index in [1.54, 1.807) is 18.4 Å². The molecule has 21 heavy (non-hydrogen) atoms. The van der Waals surface area contributed by atoms with E-state index in [4.69, 9.17) is 4.74 Å². The molecular weight excluding hydrogens is 280 g/mol. The van der Waals surface area contributed by atoms with Crippen LogP contribution in [-0.2, 0) is 0 Å². The van der Waals surface area contributed by atoms with Crippen molar-refractivity contribution in [2.24, 2.45) is 0 Å². The van der Waals surface area contributed by atoms with E-state index in [0.29, 0.717) is 6.04 Å². The van der Waals surface area contributed by atoms with Gasteiger partial charge in [0.25, 0.3) is 0 Å². The minimum Gasteiger partial charge on any atom is -0.497 e. The normalized spacial score (nSPS) is 12.3. The van der Waals surface area contributed by atoms with Crippen molar-refractivity contribution in [1.29, 1.82) is 0 Å². The van der Waals surface area contributed by atoms with Crippen LogP contribution in [0.2, 0.25) is 0 Å². The number of nitrogens with zero attached hydrogens (tertiary/aromatic N) is 1. The van der Waals surface area contributed by atoms with Crippen LogP contribution in [0.5, 0.6) is 5.75 Å². The molecule has 1 aromatic carbocycles. The van der Waals surface area contributed by atoms with Gasteiger partial charge >= 0.3 is 0 Å². The van der Waals surface area contributed by atoms with E-state index in [0.717, 1.165) is 28.8 Å². The standard InChI is InChI=1S/C17H18N2OS/c1-3-15(16-5-4-10-21-16)19-17-14-7-6-13(20-2)11-12(14)8-9-18-17/h4-11,15H,3H2,1-2H3,(H,18,19). The van der Waals surface area contributed by atoms with Gasteiger partial charge in [-0.25, -0.2) is 4.98 Å².